The number of urea groups is 1. The molecule has 9 heteroatoms. The van der Waals surface area contributed by atoms with Gasteiger partial charge in [0.2, 0.25) is 0 Å². The van der Waals surface area contributed by atoms with Crippen molar-refractivity contribution in [2.45, 2.75) is 6.18 Å². The fourth-order valence-electron chi connectivity index (χ4n) is 1.73. The molecule has 2 N–H and O–H groups in total. The molecule has 0 spiro atoms. The lowest BCUT2D eigenvalue weighted by Gasteiger charge is -2.14. The van der Waals surface area contributed by atoms with Gasteiger partial charge in [0.25, 0.3) is 0 Å². The average Bonchev–Trinajstić information content (AvgIpc) is 2.44. The maximum Gasteiger partial charge on any atom is 0.418 e. The number of amides is 2. The summed E-state index contributed by atoms with van der Waals surface area (Å²) < 4.78 is 64.4. The van der Waals surface area contributed by atoms with Crippen LogP contribution in [0.4, 0.5) is 38.1 Å². The molecular formula is C14H8ClF5N2O. The van der Waals surface area contributed by atoms with E-state index in [0.29, 0.717) is 12.1 Å². The zero-order chi connectivity index (χ0) is 17.2. The zero-order valence-corrected chi connectivity index (χ0v) is 11.9. The van der Waals surface area contributed by atoms with Crippen LogP contribution >= 0.6 is 11.6 Å². The van der Waals surface area contributed by atoms with Gasteiger partial charge in [0.1, 0.15) is 0 Å². The smallest absolute Gasteiger partial charge is 0.307 e. The van der Waals surface area contributed by atoms with Crippen LogP contribution in [0.2, 0.25) is 5.02 Å². The van der Waals surface area contributed by atoms with Crippen molar-refractivity contribution in [3.05, 3.63) is 58.6 Å². The van der Waals surface area contributed by atoms with Gasteiger partial charge in [-0.25, -0.2) is 13.6 Å². The normalized spacial score (nSPS) is 11.2. The van der Waals surface area contributed by atoms with Crippen molar-refractivity contribution in [2.24, 2.45) is 0 Å². The lowest BCUT2D eigenvalue weighted by molar-refractivity contribution is -0.136. The van der Waals surface area contributed by atoms with Crippen LogP contribution in [-0.4, -0.2) is 6.03 Å². The number of para-hydroxylation sites is 1. The second-order valence-electron chi connectivity index (χ2n) is 4.37. The Hall–Kier alpha value is -2.35. The predicted octanol–water partition coefficient (Wildman–Crippen LogP) is 5.28. The first-order valence-electron chi connectivity index (χ1n) is 6.07. The molecule has 0 aliphatic rings. The standard InChI is InChI=1S/C14H8ClF5N2O/c15-8-5-9(16)10(17)6-12(8)22-13(23)21-11-4-2-1-3-7(11)14(18,19)20/h1-6H,(H2,21,22,23). The number of nitrogens with one attached hydrogen (secondary N) is 2. The van der Waals surface area contributed by atoms with Gasteiger partial charge in [-0.3, -0.25) is 0 Å². The highest BCUT2D eigenvalue weighted by Crippen LogP contribution is 2.34. The van der Waals surface area contributed by atoms with Crippen LogP contribution < -0.4 is 10.6 Å². The highest BCUT2D eigenvalue weighted by Gasteiger charge is 2.33. The molecule has 23 heavy (non-hydrogen) atoms. The lowest BCUT2D eigenvalue weighted by atomic mass is 10.1. The quantitative estimate of drug-likeness (QED) is 0.561. The average molecular weight is 351 g/mol. The van der Waals surface area contributed by atoms with Gasteiger partial charge in [0.05, 0.1) is 22.0 Å². The maximum atomic E-state index is 13.1. The van der Waals surface area contributed by atoms with Crippen LogP contribution in [0, 0.1) is 11.6 Å². The van der Waals surface area contributed by atoms with Crippen molar-refractivity contribution < 1.29 is 26.7 Å². The molecule has 122 valence electrons. The molecule has 0 saturated carbocycles. The number of anilines is 2. The highest BCUT2D eigenvalue weighted by molar-refractivity contribution is 6.33. The van der Waals surface area contributed by atoms with Crippen molar-refractivity contribution in [1.29, 1.82) is 0 Å². The summed E-state index contributed by atoms with van der Waals surface area (Å²) in [5, 5.41) is 3.73. The third-order valence-electron chi connectivity index (χ3n) is 2.74. The van der Waals surface area contributed by atoms with E-state index >= 15 is 0 Å². The molecule has 0 heterocycles. The molecule has 0 aliphatic carbocycles. The van der Waals surface area contributed by atoms with E-state index in [4.69, 9.17) is 11.6 Å². The number of rotatable bonds is 2. The summed E-state index contributed by atoms with van der Waals surface area (Å²) in [4.78, 5) is 11.7. The third kappa shape index (κ3) is 4.10. The molecule has 3 nitrogen and oxygen atoms in total. The van der Waals surface area contributed by atoms with Crippen molar-refractivity contribution in [3.8, 4) is 0 Å². The molecule has 2 aromatic rings. The third-order valence-corrected chi connectivity index (χ3v) is 3.05. The Morgan fingerprint density at radius 3 is 2.17 bits per heavy atom. The van der Waals surface area contributed by atoms with Gasteiger partial charge in [-0.05, 0) is 18.2 Å². The minimum atomic E-state index is -4.66. The van der Waals surface area contributed by atoms with Crippen molar-refractivity contribution in [2.75, 3.05) is 10.6 Å². The number of alkyl halides is 3. The van der Waals surface area contributed by atoms with E-state index in [2.05, 4.69) is 0 Å². The summed E-state index contributed by atoms with van der Waals surface area (Å²) in [5.41, 5.74) is -1.82. The Bertz CT molecular complexity index is 748. The van der Waals surface area contributed by atoms with Crippen molar-refractivity contribution in [3.63, 3.8) is 0 Å². The largest absolute Gasteiger partial charge is 0.418 e. The highest BCUT2D eigenvalue weighted by atomic mass is 35.5. The van der Waals surface area contributed by atoms with Crippen LogP contribution in [0.25, 0.3) is 0 Å². The zero-order valence-electron chi connectivity index (χ0n) is 11.1. The first-order chi connectivity index (χ1) is 10.7. The molecule has 2 amide bonds. The second kappa shape index (κ2) is 6.41. The summed E-state index contributed by atoms with van der Waals surface area (Å²) in [5.74, 6) is -2.48. The molecule has 0 fully saturated rings. The second-order valence-corrected chi connectivity index (χ2v) is 4.78. The van der Waals surface area contributed by atoms with Gasteiger partial charge in [0, 0.05) is 6.07 Å². The number of hydrogen-bond acceptors (Lipinski definition) is 1. The minimum absolute atomic E-state index is 0.285. The van der Waals surface area contributed by atoms with E-state index in [1.807, 2.05) is 10.6 Å². The van der Waals surface area contributed by atoms with E-state index in [1.165, 1.54) is 6.07 Å². The van der Waals surface area contributed by atoms with Crippen LogP contribution in [-0.2, 0) is 6.18 Å². The van der Waals surface area contributed by atoms with E-state index in [0.717, 1.165) is 18.2 Å². The Kier molecular flexibility index (Phi) is 4.74. The van der Waals surface area contributed by atoms with Crippen LogP contribution in [0.5, 0.6) is 0 Å². The number of carbonyl (C=O) groups excluding carboxylic acids is 1. The number of carbonyl (C=O) groups is 1. The van der Waals surface area contributed by atoms with Crippen molar-refractivity contribution >= 4 is 29.0 Å². The Balaban J connectivity index is 2.20. The summed E-state index contributed by atoms with van der Waals surface area (Å²) in [6.45, 7) is 0. The van der Waals surface area contributed by atoms with Crippen molar-refractivity contribution in [1.82, 2.24) is 0 Å². The summed E-state index contributed by atoms with van der Waals surface area (Å²) in [6.07, 6.45) is -4.66. The van der Waals surface area contributed by atoms with Gasteiger partial charge < -0.3 is 10.6 Å². The van der Waals surface area contributed by atoms with Gasteiger partial charge in [0.15, 0.2) is 11.6 Å². The summed E-state index contributed by atoms with van der Waals surface area (Å²) >= 11 is 5.62. The Labute approximate surface area is 132 Å². The molecule has 0 atom stereocenters. The monoisotopic (exact) mass is 350 g/mol. The lowest BCUT2D eigenvalue weighted by Crippen LogP contribution is -2.22. The SMILES string of the molecule is O=C(Nc1cc(F)c(F)cc1Cl)Nc1ccccc1C(F)(F)F. The fraction of sp³-hybridized carbons (Fsp3) is 0.0714. The summed E-state index contributed by atoms with van der Waals surface area (Å²) in [7, 11) is 0. The maximum absolute atomic E-state index is 13.1. The molecule has 2 aromatic carbocycles. The molecule has 0 saturated heterocycles. The summed E-state index contributed by atoms with van der Waals surface area (Å²) in [6, 6.07) is 4.47. The molecule has 2 rings (SSSR count). The fourth-order valence-corrected chi connectivity index (χ4v) is 1.93. The topological polar surface area (TPSA) is 41.1 Å². The Morgan fingerprint density at radius 2 is 1.52 bits per heavy atom. The molecule has 0 bridgehead atoms. The van der Waals surface area contributed by atoms with Crippen LogP contribution in [0.3, 0.4) is 0 Å². The van der Waals surface area contributed by atoms with Crippen LogP contribution in [0.1, 0.15) is 5.56 Å². The molecule has 0 aliphatic heterocycles. The first-order valence-corrected chi connectivity index (χ1v) is 6.45. The Morgan fingerprint density at radius 1 is 0.957 bits per heavy atom. The van der Waals surface area contributed by atoms with Crippen LogP contribution in [0.15, 0.2) is 36.4 Å². The first kappa shape index (κ1) is 17.0. The molecule has 0 radical (unpaired) electrons. The van der Waals surface area contributed by atoms with E-state index in [1.54, 1.807) is 0 Å². The number of benzene rings is 2. The van der Waals surface area contributed by atoms with Gasteiger partial charge in [-0.2, -0.15) is 13.2 Å². The molecule has 0 aromatic heterocycles. The molecular weight excluding hydrogens is 343 g/mol. The van der Waals surface area contributed by atoms with Gasteiger partial charge in [-0.1, -0.05) is 23.7 Å². The minimum Gasteiger partial charge on any atom is -0.307 e. The van der Waals surface area contributed by atoms with E-state index in [-0.39, 0.29) is 10.7 Å². The van der Waals surface area contributed by atoms with E-state index < -0.39 is 35.1 Å². The van der Waals surface area contributed by atoms with E-state index in [9.17, 15) is 26.7 Å². The number of hydrogen-bond donors (Lipinski definition) is 2. The predicted molar refractivity (Wildman–Crippen MR) is 75.5 cm³/mol. The van der Waals surface area contributed by atoms with Gasteiger partial charge >= 0.3 is 12.2 Å². The molecule has 0 unspecified atom stereocenters. The number of halogens is 6. The van der Waals surface area contributed by atoms with Gasteiger partial charge in [-0.15, -0.1) is 0 Å².